The van der Waals surface area contributed by atoms with Crippen LogP contribution in [0.2, 0.25) is 0 Å². The number of ether oxygens (including phenoxy) is 2. The number of carbonyl (C=O) groups excluding carboxylic acids is 1. The Hall–Kier alpha value is -3.06. The third-order valence-corrected chi connectivity index (χ3v) is 4.75. The van der Waals surface area contributed by atoms with E-state index in [0.717, 1.165) is 11.4 Å². The molecule has 0 spiro atoms. The highest BCUT2D eigenvalue weighted by molar-refractivity contribution is 7.17. The topological polar surface area (TPSA) is 72.5 Å². The molecule has 0 saturated carbocycles. The van der Waals surface area contributed by atoms with Gasteiger partial charge < -0.3 is 20.1 Å². The van der Waals surface area contributed by atoms with Gasteiger partial charge in [-0.3, -0.25) is 4.79 Å². The van der Waals surface area contributed by atoms with Gasteiger partial charge in [-0.15, -0.1) is 0 Å². The van der Waals surface area contributed by atoms with Crippen molar-refractivity contribution in [1.82, 2.24) is 4.98 Å². The molecule has 3 rings (SSSR count). The molecule has 1 aromatic heterocycles. The van der Waals surface area contributed by atoms with E-state index in [2.05, 4.69) is 15.6 Å². The number of carbonyl (C=O) groups is 1. The molecule has 7 heteroatoms. The molecule has 0 fully saturated rings. The number of amides is 1. The van der Waals surface area contributed by atoms with E-state index in [1.807, 2.05) is 43.3 Å². The van der Waals surface area contributed by atoms with Crippen molar-refractivity contribution in [2.45, 2.75) is 6.92 Å². The van der Waals surface area contributed by atoms with Crippen LogP contribution in [0.1, 0.15) is 15.4 Å². The van der Waals surface area contributed by atoms with Crippen molar-refractivity contribution in [1.29, 1.82) is 0 Å². The fraction of sp³-hybridized carbons (Fsp3) is 0.158. The largest absolute Gasteiger partial charge is 0.497 e. The maximum Gasteiger partial charge on any atom is 0.267 e. The van der Waals surface area contributed by atoms with E-state index in [9.17, 15) is 4.79 Å². The van der Waals surface area contributed by atoms with Crippen molar-refractivity contribution in [3.05, 3.63) is 59.1 Å². The smallest absolute Gasteiger partial charge is 0.267 e. The molecular weight excluding hydrogens is 350 g/mol. The maximum absolute atomic E-state index is 12.6. The van der Waals surface area contributed by atoms with E-state index in [1.54, 1.807) is 26.4 Å². The monoisotopic (exact) mass is 369 g/mol. The lowest BCUT2D eigenvalue weighted by atomic mass is 10.3. The molecule has 26 heavy (non-hydrogen) atoms. The molecule has 1 amide bonds. The Morgan fingerprint density at radius 2 is 1.88 bits per heavy atom. The number of rotatable bonds is 6. The summed E-state index contributed by atoms with van der Waals surface area (Å²) in [5, 5.41) is 6.72. The van der Waals surface area contributed by atoms with Gasteiger partial charge in [0.25, 0.3) is 5.91 Å². The first kappa shape index (κ1) is 17.8. The number of hydrogen-bond donors (Lipinski definition) is 2. The van der Waals surface area contributed by atoms with Gasteiger partial charge in [-0.1, -0.05) is 29.5 Å². The average Bonchev–Trinajstić information content (AvgIpc) is 3.02. The van der Waals surface area contributed by atoms with Crippen LogP contribution in [0.3, 0.4) is 0 Å². The fourth-order valence-corrected chi connectivity index (χ4v) is 3.29. The third kappa shape index (κ3) is 3.94. The summed E-state index contributed by atoms with van der Waals surface area (Å²) in [7, 11) is 3.19. The maximum atomic E-state index is 12.6. The van der Waals surface area contributed by atoms with Gasteiger partial charge in [0.2, 0.25) is 0 Å². The van der Waals surface area contributed by atoms with Crippen molar-refractivity contribution in [2.75, 3.05) is 24.9 Å². The van der Waals surface area contributed by atoms with E-state index in [1.165, 1.54) is 11.3 Å². The van der Waals surface area contributed by atoms with Crippen LogP contribution in [0.4, 0.5) is 16.5 Å². The van der Waals surface area contributed by atoms with Gasteiger partial charge in [0.1, 0.15) is 16.4 Å². The first-order valence-electron chi connectivity index (χ1n) is 7.93. The molecule has 0 bridgehead atoms. The zero-order valence-corrected chi connectivity index (χ0v) is 15.5. The molecule has 2 N–H and O–H groups in total. The zero-order valence-electron chi connectivity index (χ0n) is 14.7. The lowest BCUT2D eigenvalue weighted by Crippen LogP contribution is -2.12. The second-order valence-electron chi connectivity index (χ2n) is 5.44. The van der Waals surface area contributed by atoms with Crippen molar-refractivity contribution in [2.24, 2.45) is 0 Å². The first-order chi connectivity index (χ1) is 12.6. The predicted molar refractivity (Wildman–Crippen MR) is 104 cm³/mol. The molecule has 0 aliphatic rings. The number of anilines is 3. The SMILES string of the molecule is COc1cccc(Nc2nc(C)c(C(=O)Nc3ccccc3OC)s2)c1. The number of nitrogens with one attached hydrogen (secondary N) is 2. The Kier molecular flexibility index (Phi) is 5.38. The van der Waals surface area contributed by atoms with Crippen molar-refractivity contribution < 1.29 is 14.3 Å². The van der Waals surface area contributed by atoms with E-state index in [0.29, 0.717) is 27.1 Å². The second-order valence-corrected chi connectivity index (χ2v) is 6.44. The molecular formula is C19H19N3O3S. The quantitative estimate of drug-likeness (QED) is 0.671. The molecule has 0 aliphatic heterocycles. The van der Waals surface area contributed by atoms with Crippen LogP contribution >= 0.6 is 11.3 Å². The van der Waals surface area contributed by atoms with Gasteiger partial charge in [-0.25, -0.2) is 4.98 Å². The number of aryl methyl sites for hydroxylation is 1. The predicted octanol–water partition coefficient (Wildman–Crippen LogP) is 4.46. The second kappa shape index (κ2) is 7.88. The van der Waals surface area contributed by atoms with E-state index in [-0.39, 0.29) is 5.91 Å². The fourth-order valence-electron chi connectivity index (χ4n) is 2.41. The molecule has 0 radical (unpaired) electrons. The van der Waals surface area contributed by atoms with Crippen molar-refractivity contribution in [3.63, 3.8) is 0 Å². The Bertz CT molecular complexity index is 924. The summed E-state index contributed by atoms with van der Waals surface area (Å²) in [6.07, 6.45) is 0. The number of hydrogen-bond acceptors (Lipinski definition) is 6. The first-order valence-corrected chi connectivity index (χ1v) is 8.75. The molecule has 0 unspecified atom stereocenters. The van der Waals surface area contributed by atoms with Crippen LogP contribution < -0.4 is 20.1 Å². The Morgan fingerprint density at radius 3 is 2.65 bits per heavy atom. The van der Waals surface area contributed by atoms with Crippen molar-refractivity contribution in [3.8, 4) is 11.5 Å². The molecule has 3 aromatic rings. The highest BCUT2D eigenvalue weighted by Crippen LogP contribution is 2.29. The summed E-state index contributed by atoms with van der Waals surface area (Å²) in [5.41, 5.74) is 2.12. The number of benzene rings is 2. The van der Waals surface area contributed by atoms with Gasteiger partial charge in [0, 0.05) is 11.8 Å². The average molecular weight is 369 g/mol. The van der Waals surface area contributed by atoms with Crippen LogP contribution in [0, 0.1) is 6.92 Å². The zero-order chi connectivity index (χ0) is 18.5. The lowest BCUT2D eigenvalue weighted by molar-refractivity contribution is 0.102. The summed E-state index contributed by atoms with van der Waals surface area (Å²) in [4.78, 5) is 17.6. The van der Waals surface area contributed by atoms with Crippen LogP contribution in [0.5, 0.6) is 11.5 Å². The molecule has 0 saturated heterocycles. The normalized spacial score (nSPS) is 10.3. The van der Waals surface area contributed by atoms with Gasteiger partial charge in [-0.05, 0) is 31.2 Å². The number of aromatic nitrogens is 1. The summed E-state index contributed by atoms with van der Waals surface area (Å²) < 4.78 is 10.5. The standard InChI is InChI=1S/C19H19N3O3S/c1-12-17(18(23)22-15-9-4-5-10-16(15)25-3)26-19(20-12)21-13-7-6-8-14(11-13)24-2/h4-11H,1-3H3,(H,20,21)(H,22,23). The molecule has 6 nitrogen and oxygen atoms in total. The third-order valence-electron chi connectivity index (χ3n) is 3.68. The lowest BCUT2D eigenvalue weighted by Gasteiger charge is -2.08. The summed E-state index contributed by atoms with van der Waals surface area (Å²) >= 11 is 1.29. The molecule has 1 heterocycles. The Morgan fingerprint density at radius 1 is 1.08 bits per heavy atom. The highest BCUT2D eigenvalue weighted by atomic mass is 32.1. The summed E-state index contributed by atoms with van der Waals surface area (Å²) in [6, 6.07) is 14.8. The minimum Gasteiger partial charge on any atom is -0.497 e. The number of nitrogens with zero attached hydrogens (tertiary/aromatic N) is 1. The molecule has 2 aromatic carbocycles. The van der Waals surface area contributed by atoms with Crippen LogP contribution in [0.15, 0.2) is 48.5 Å². The van der Waals surface area contributed by atoms with Crippen LogP contribution in [0.25, 0.3) is 0 Å². The van der Waals surface area contributed by atoms with E-state index >= 15 is 0 Å². The summed E-state index contributed by atoms with van der Waals surface area (Å²) in [6.45, 7) is 1.81. The van der Waals surface area contributed by atoms with Gasteiger partial charge in [-0.2, -0.15) is 0 Å². The Labute approximate surface area is 155 Å². The highest BCUT2D eigenvalue weighted by Gasteiger charge is 2.17. The van der Waals surface area contributed by atoms with Gasteiger partial charge in [0.15, 0.2) is 5.13 Å². The summed E-state index contributed by atoms with van der Waals surface area (Å²) in [5.74, 6) is 1.14. The van der Waals surface area contributed by atoms with Crippen LogP contribution in [-0.4, -0.2) is 25.1 Å². The number of methoxy groups -OCH3 is 2. The minimum absolute atomic E-state index is 0.219. The minimum atomic E-state index is -0.219. The van der Waals surface area contributed by atoms with E-state index in [4.69, 9.17) is 9.47 Å². The molecule has 0 atom stereocenters. The molecule has 0 aliphatic carbocycles. The van der Waals surface area contributed by atoms with Gasteiger partial charge in [0.05, 0.1) is 25.6 Å². The Balaban J connectivity index is 1.78. The molecule has 134 valence electrons. The van der Waals surface area contributed by atoms with Crippen LogP contribution in [-0.2, 0) is 0 Å². The van der Waals surface area contributed by atoms with Gasteiger partial charge >= 0.3 is 0 Å². The van der Waals surface area contributed by atoms with E-state index < -0.39 is 0 Å². The van der Waals surface area contributed by atoms with Crippen molar-refractivity contribution >= 4 is 33.8 Å². The number of para-hydroxylation sites is 2. The number of thiazole rings is 1.